The number of amides is 2. The van der Waals surface area contributed by atoms with E-state index in [1.807, 2.05) is 11.8 Å². The molecule has 1 N–H and O–H groups in total. The van der Waals surface area contributed by atoms with Crippen LogP contribution in [0.3, 0.4) is 0 Å². The number of nitrogens with zero attached hydrogens (tertiary/aromatic N) is 3. The lowest BCUT2D eigenvalue weighted by atomic mass is 9.77. The summed E-state index contributed by atoms with van der Waals surface area (Å²) in [5.74, 6) is -0.145. The Morgan fingerprint density at radius 1 is 1.36 bits per heavy atom. The number of likely N-dealkylation sites (tertiary alicyclic amines) is 1. The van der Waals surface area contributed by atoms with E-state index in [4.69, 9.17) is 4.74 Å². The Morgan fingerprint density at radius 3 is 2.72 bits per heavy atom. The van der Waals surface area contributed by atoms with Crippen molar-refractivity contribution in [3.63, 3.8) is 0 Å². The summed E-state index contributed by atoms with van der Waals surface area (Å²) in [5, 5.41) is 10.5. The average Bonchev–Trinajstić information content (AvgIpc) is 3.01. The number of hydrogen-bond acceptors (Lipinski definition) is 5. The zero-order chi connectivity index (χ0) is 17.6. The van der Waals surface area contributed by atoms with E-state index in [9.17, 15) is 14.8 Å². The summed E-state index contributed by atoms with van der Waals surface area (Å²) in [6, 6.07) is 0.408. The molecular weight excluding hydrogens is 322 g/mol. The van der Waals surface area contributed by atoms with Crippen LogP contribution in [0.25, 0.3) is 0 Å². The molecule has 3 fully saturated rings. The maximum Gasteiger partial charge on any atom is 0.410 e. The lowest BCUT2D eigenvalue weighted by Crippen LogP contribution is -2.47. The van der Waals surface area contributed by atoms with E-state index in [1.54, 1.807) is 0 Å². The molecule has 3 saturated heterocycles. The van der Waals surface area contributed by atoms with Crippen LogP contribution >= 0.6 is 0 Å². The molecule has 0 aromatic heterocycles. The van der Waals surface area contributed by atoms with E-state index in [-0.39, 0.29) is 29.5 Å². The van der Waals surface area contributed by atoms with E-state index < -0.39 is 0 Å². The summed E-state index contributed by atoms with van der Waals surface area (Å²) in [6.07, 6.45) is 7.35. The molecule has 0 aromatic carbocycles. The van der Waals surface area contributed by atoms with E-state index >= 15 is 0 Å². The average molecular weight is 349 g/mol. The molecule has 25 heavy (non-hydrogen) atoms. The third-order valence-electron chi connectivity index (χ3n) is 6.38. The highest BCUT2D eigenvalue weighted by Crippen LogP contribution is 2.43. The molecule has 4 aliphatic heterocycles. The molecule has 7 nitrogen and oxygen atoms in total. The minimum atomic E-state index is -0.185. The Kier molecular flexibility index (Phi) is 4.14. The summed E-state index contributed by atoms with van der Waals surface area (Å²) in [4.78, 5) is 28.2. The van der Waals surface area contributed by atoms with Crippen molar-refractivity contribution in [3.8, 4) is 0 Å². The number of carbonyl (C=O) groups excluding carboxylic acids is 2. The van der Waals surface area contributed by atoms with Gasteiger partial charge in [0.2, 0.25) is 5.91 Å². The van der Waals surface area contributed by atoms with Crippen LogP contribution in [0.5, 0.6) is 0 Å². The molecule has 2 unspecified atom stereocenters. The molecule has 2 atom stereocenters. The van der Waals surface area contributed by atoms with Crippen molar-refractivity contribution in [2.75, 3.05) is 26.2 Å². The van der Waals surface area contributed by atoms with Crippen LogP contribution in [0, 0.1) is 5.41 Å². The topological polar surface area (TPSA) is 73.3 Å². The molecule has 0 saturated carbocycles. The Balaban J connectivity index is 1.41. The highest BCUT2D eigenvalue weighted by Gasteiger charge is 2.46. The monoisotopic (exact) mass is 349 g/mol. The lowest BCUT2D eigenvalue weighted by molar-refractivity contribution is -0.157. The first-order valence-electron chi connectivity index (χ1n) is 9.41. The van der Waals surface area contributed by atoms with Crippen LogP contribution in [0.15, 0.2) is 11.8 Å². The molecule has 4 rings (SSSR count). The predicted molar refractivity (Wildman–Crippen MR) is 89.7 cm³/mol. The van der Waals surface area contributed by atoms with Crippen molar-refractivity contribution >= 4 is 12.0 Å². The van der Waals surface area contributed by atoms with Crippen molar-refractivity contribution in [1.82, 2.24) is 14.9 Å². The van der Waals surface area contributed by atoms with Gasteiger partial charge in [-0.25, -0.2) is 9.86 Å². The molecule has 138 valence electrons. The summed E-state index contributed by atoms with van der Waals surface area (Å²) in [7, 11) is 0. The summed E-state index contributed by atoms with van der Waals surface area (Å²) < 4.78 is 5.21. The highest BCUT2D eigenvalue weighted by atomic mass is 16.6. The van der Waals surface area contributed by atoms with Gasteiger partial charge in [-0.05, 0) is 38.7 Å². The fourth-order valence-electron chi connectivity index (χ4n) is 5.00. The maximum atomic E-state index is 12.2. The van der Waals surface area contributed by atoms with Gasteiger partial charge in [0.1, 0.15) is 0 Å². The molecule has 0 aromatic rings. The Morgan fingerprint density at radius 2 is 2.12 bits per heavy atom. The fourth-order valence-corrected chi connectivity index (χ4v) is 5.00. The van der Waals surface area contributed by atoms with Crippen molar-refractivity contribution in [3.05, 3.63) is 11.8 Å². The molecule has 1 spiro atoms. The van der Waals surface area contributed by atoms with Gasteiger partial charge in [-0.1, -0.05) is 0 Å². The second-order valence-corrected chi connectivity index (χ2v) is 7.88. The van der Waals surface area contributed by atoms with Gasteiger partial charge in [-0.15, -0.1) is 0 Å². The first-order chi connectivity index (χ1) is 12.0. The van der Waals surface area contributed by atoms with Crippen molar-refractivity contribution in [2.24, 2.45) is 5.41 Å². The van der Waals surface area contributed by atoms with Crippen LogP contribution < -0.4 is 0 Å². The van der Waals surface area contributed by atoms with Crippen LogP contribution in [0.2, 0.25) is 0 Å². The van der Waals surface area contributed by atoms with Crippen LogP contribution in [-0.4, -0.2) is 70.4 Å². The molecule has 4 heterocycles. The Bertz CT molecular complexity index is 597. The van der Waals surface area contributed by atoms with Gasteiger partial charge in [0.25, 0.3) is 0 Å². The molecule has 0 aliphatic carbocycles. The van der Waals surface area contributed by atoms with Gasteiger partial charge in [-0.3, -0.25) is 14.9 Å². The van der Waals surface area contributed by atoms with Crippen LogP contribution in [0.1, 0.15) is 45.4 Å². The summed E-state index contributed by atoms with van der Waals surface area (Å²) >= 11 is 0. The number of ether oxygens (including phenoxy) is 1. The first-order valence-corrected chi connectivity index (χ1v) is 9.41. The van der Waals surface area contributed by atoms with Crippen molar-refractivity contribution < 1.29 is 19.5 Å². The quantitative estimate of drug-likeness (QED) is 0.772. The van der Waals surface area contributed by atoms with Crippen molar-refractivity contribution in [2.45, 2.75) is 57.5 Å². The number of hydroxylamine groups is 2. The fraction of sp³-hybridized carbons (Fsp3) is 0.778. The van der Waals surface area contributed by atoms with Crippen LogP contribution in [-0.2, 0) is 9.53 Å². The van der Waals surface area contributed by atoms with Crippen molar-refractivity contribution in [1.29, 1.82) is 0 Å². The minimum absolute atomic E-state index is 0.0481. The van der Waals surface area contributed by atoms with Gasteiger partial charge in [0.15, 0.2) is 0 Å². The Labute approximate surface area is 148 Å². The largest absolute Gasteiger partial charge is 0.450 e. The third-order valence-corrected chi connectivity index (χ3v) is 6.38. The predicted octanol–water partition coefficient (Wildman–Crippen LogP) is 1.97. The number of carbonyl (C=O) groups is 2. The standard InChI is InChI=1S/C18H27N3O4/c1-2-25-17(23)21-13-3-4-14(21)10-15(9-13)19-7-5-18(6-8-19)11-16(22)20(24)12-18/h9,13-14,24H,2-8,10-12H2,1H3. The smallest absolute Gasteiger partial charge is 0.410 e. The summed E-state index contributed by atoms with van der Waals surface area (Å²) in [5.41, 5.74) is 1.29. The Hall–Kier alpha value is -1.76. The zero-order valence-corrected chi connectivity index (χ0v) is 14.8. The van der Waals surface area contributed by atoms with E-state index in [0.717, 1.165) is 50.3 Å². The lowest BCUT2D eigenvalue weighted by Gasteiger charge is -2.43. The van der Waals surface area contributed by atoms with E-state index in [0.29, 0.717) is 19.6 Å². The number of fused-ring (bicyclic) bond motifs is 2. The molecule has 0 radical (unpaired) electrons. The normalized spacial score (nSPS) is 30.9. The first kappa shape index (κ1) is 16.7. The van der Waals surface area contributed by atoms with Gasteiger partial charge < -0.3 is 9.64 Å². The second kappa shape index (κ2) is 6.20. The number of hydrogen-bond donors (Lipinski definition) is 1. The molecular formula is C18H27N3O4. The maximum absolute atomic E-state index is 12.2. The second-order valence-electron chi connectivity index (χ2n) is 7.88. The molecule has 7 heteroatoms. The summed E-state index contributed by atoms with van der Waals surface area (Å²) in [6.45, 7) is 4.58. The minimum Gasteiger partial charge on any atom is -0.450 e. The van der Waals surface area contributed by atoms with Gasteiger partial charge in [-0.2, -0.15) is 0 Å². The molecule has 4 aliphatic rings. The molecule has 2 amide bonds. The van der Waals surface area contributed by atoms with Gasteiger partial charge >= 0.3 is 6.09 Å². The zero-order valence-electron chi connectivity index (χ0n) is 14.8. The van der Waals surface area contributed by atoms with E-state index in [1.165, 1.54) is 5.70 Å². The van der Waals surface area contributed by atoms with Gasteiger partial charge in [0, 0.05) is 43.1 Å². The number of piperidine rings is 1. The molecule has 2 bridgehead atoms. The van der Waals surface area contributed by atoms with Crippen LogP contribution in [0.4, 0.5) is 4.79 Å². The van der Waals surface area contributed by atoms with Gasteiger partial charge in [0.05, 0.1) is 19.2 Å². The third kappa shape index (κ3) is 2.88. The SMILES string of the molecule is CCOC(=O)N1C2C=C(N3CCC4(CC3)CC(=O)N(O)C4)CC1CC2. The highest BCUT2D eigenvalue weighted by molar-refractivity contribution is 5.78. The number of rotatable bonds is 2. The van der Waals surface area contributed by atoms with E-state index in [2.05, 4.69) is 11.0 Å².